The van der Waals surface area contributed by atoms with Crippen molar-refractivity contribution in [1.82, 2.24) is 0 Å². The third-order valence-electron chi connectivity index (χ3n) is 3.81. The number of carbonyl (C=O) groups is 1. The molecule has 0 aliphatic rings. The Morgan fingerprint density at radius 3 is 2.36 bits per heavy atom. The molecule has 0 saturated carbocycles. The summed E-state index contributed by atoms with van der Waals surface area (Å²) in [5.41, 5.74) is 5.41. The first-order valence-corrected chi connectivity index (χ1v) is 7.33. The van der Waals surface area contributed by atoms with Crippen molar-refractivity contribution in [3.63, 3.8) is 0 Å². The summed E-state index contributed by atoms with van der Waals surface area (Å²) in [4.78, 5) is 12.3. The second-order valence-corrected chi connectivity index (χ2v) is 5.66. The van der Waals surface area contributed by atoms with Crippen LogP contribution in [0.4, 0.5) is 0 Å². The van der Waals surface area contributed by atoms with Crippen LogP contribution in [0.5, 0.6) is 0 Å². The highest BCUT2D eigenvalue weighted by Gasteiger charge is 2.09. The molecule has 22 heavy (non-hydrogen) atoms. The molecule has 0 radical (unpaired) electrons. The standard InChI is InChI=1S/C20H18O2/c1-13-10-14(2)17(15(3)11-13)8-9-18(21)20-12-16-6-4-5-7-19(16)22-20/h4-12H,1-3H3. The number of benzene rings is 2. The van der Waals surface area contributed by atoms with E-state index in [1.807, 2.05) is 30.3 Å². The van der Waals surface area contributed by atoms with E-state index in [2.05, 4.69) is 32.9 Å². The highest BCUT2D eigenvalue weighted by Crippen LogP contribution is 2.21. The molecule has 2 heteroatoms. The van der Waals surface area contributed by atoms with Gasteiger partial charge in [0.1, 0.15) is 5.58 Å². The normalized spacial score (nSPS) is 11.4. The van der Waals surface area contributed by atoms with Crippen LogP contribution in [0.15, 0.2) is 53.0 Å². The van der Waals surface area contributed by atoms with Crippen molar-refractivity contribution in [1.29, 1.82) is 0 Å². The Labute approximate surface area is 130 Å². The lowest BCUT2D eigenvalue weighted by atomic mass is 9.99. The minimum Gasteiger partial charge on any atom is -0.453 e. The van der Waals surface area contributed by atoms with Gasteiger partial charge in [0.05, 0.1) is 0 Å². The van der Waals surface area contributed by atoms with Gasteiger partial charge in [0.15, 0.2) is 5.76 Å². The number of ketones is 1. The zero-order chi connectivity index (χ0) is 15.7. The van der Waals surface area contributed by atoms with E-state index in [0.29, 0.717) is 5.76 Å². The van der Waals surface area contributed by atoms with E-state index in [-0.39, 0.29) is 5.78 Å². The number of furan rings is 1. The van der Waals surface area contributed by atoms with Crippen molar-refractivity contribution in [2.75, 3.05) is 0 Å². The molecule has 0 spiro atoms. The summed E-state index contributed by atoms with van der Waals surface area (Å²) in [6.45, 7) is 6.20. The molecule has 2 nitrogen and oxygen atoms in total. The maximum absolute atomic E-state index is 12.3. The smallest absolute Gasteiger partial charge is 0.221 e. The van der Waals surface area contributed by atoms with E-state index in [4.69, 9.17) is 4.42 Å². The number of hydrogen-bond donors (Lipinski definition) is 0. The maximum Gasteiger partial charge on any atom is 0.221 e. The second kappa shape index (κ2) is 5.64. The van der Waals surface area contributed by atoms with Gasteiger partial charge in [-0.05, 0) is 55.7 Å². The average Bonchev–Trinajstić information content (AvgIpc) is 2.89. The molecular formula is C20H18O2. The van der Waals surface area contributed by atoms with Crippen LogP contribution in [0.1, 0.15) is 32.8 Å². The largest absolute Gasteiger partial charge is 0.453 e. The lowest BCUT2D eigenvalue weighted by molar-refractivity contribution is 0.102. The molecule has 0 unspecified atom stereocenters. The Bertz CT molecular complexity index is 826. The van der Waals surface area contributed by atoms with Gasteiger partial charge in [-0.1, -0.05) is 42.0 Å². The van der Waals surface area contributed by atoms with Crippen LogP contribution in [0, 0.1) is 20.8 Å². The first kappa shape index (κ1) is 14.3. The van der Waals surface area contributed by atoms with Crippen LogP contribution in [-0.4, -0.2) is 5.78 Å². The number of carbonyl (C=O) groups excluding carboxylic acids is 1. The van der Waals surface area contributed by atoms with Crippen molar-refractivity contribution in [3.8, 4) is 0 Å². The quantitative estimate of drug-likeness (QED) is 0.487. The first-order chi connectivity index (χ1) is 10.5. The summed E-state index contributed by atoms with van der Waals surface area (Å²) < 4.78 is 5.60. The molecule has 0 aliphatic heterocycles. The highest BCUT2D eigenvalue weighted by atomic mass is 16.3. The van der Waals surface area contributed by atoms with E-state index >= 15 is 0 Å². The van der Waals surface area contributed by atoms with Crippen molar-refractivity contribution in [3.05, 3.63) is 76.6 Å². The lowest BCUT2D eigenvalue weighted by Gasteiger charge is -2.06. The first-order valence-electron chi connectivity index (χ1n) is 7.33. The third-order valence-corrected chi connectivity index (χ3v) is 3.81. The summed E-state index contributed by atoms with van der Waals surface area (Å²) in [5, 5.41) is 0.946. The van der Waals surface area contributed by atoms with E-state index in [1.165, 1.54) is 16.7 Å². The van der Waals surface area contributed by atoms with Gasteiger partial charge in [0.2, 0.25) is 5.78 Å². The molecule has 0 N–H and O–H groups in total. The third kappa shape index (κ3) is 2.73. The average molecular weight is 290 g/mol. The Morgan fingerprint density at radius 2 is 1.68 bits per heavy atom. The number of rotatable bonds is 3. The van der Waals surface area contributed by atoms with Gasteiger partial charge in [-0.2, -0.15) is 0 Å². The predicted octanol–water partition coefficient (Wildman–Crippen LogP) is 5.25. The fraction of sp³-hybridized carbons (Fsp3) is 0.150. The van der Waals surface area contributed by atoms with E-state index < -0.39 is 0 Å². The minimum atomic E-state index is -0.115. The lowest BCUT2D eigenvalue weighted by Crippen LogP contribution is -1.93. The molecule has 1 heterocycles. The Kier molecular flexibility index (Phi) is 3.68. The van der Waals surface area contributed by atoms with Crippen LogP contribution >= 0.6 is 0 Å². The van der Waals surface area contributed by atoms with E-state index in [9.17, 15) is 4.79 Å². The molecule has 0 atom stereocenters. The minimum absolute atomic E-state index is 0.115. The van der Waals surface area contributed by atoms with Gasteiger partial charge in [-0.15, -0.1) is 0 Å². The topological polar surface area (TPSA) is 30.2 Å². The van der Waals surface area contributed by atoms with Gasteiger partial charge in [-0.25, -0.2) is 0 Å². The summed E-state index contributed by atoms with van der Waals surface area (Å²) in [7, 11) is 0. The monoisotopic (exact) mass is 290 g/mol. The molecule has 3 rings (SSSR count). The van der Waals surface area contributed by atoms with Crippen molar-refractivity contribution >= 4 is 22.8 Å². The second-order valence-electron chi connectivity index (χ2n) is 5.66. The number of aryl methyl sites for hydroxylation is 3. The molecule has 0 saturated heterocycles. The van der Waals surface area contributed by atoms with Gasteiger partial charge in [-0.3, -0.25) is 4.79 Å². The fourth-order valence-electron chi connectivity index (χ4n) is 2.80. The SMILES string of the molecule is Cc1cc(C)c(C=CC(=O)c2cc3ccccc3o2)c(C)c1. The molecule has 110 valence electrons. The Hall–Kier alpha value is -2.61. The Morgan fingerprint density at radius 1 is 1.00 bits per heavy atom. The van der Waals surface area contributed by atoms with Crippen molar-refractivity contribution in [2.45, 2.75) is 20.8 Å². The summed E-state index contributed by atoms with van der Waals surface area (Å²) in [6.07, 6.45) is 3.46. The van der Waals surface area contributed by atoms with Crippen LogP contribution in [-0.2, 0) is 0 Å². The van der Waals surface area contributed by atoms with Crippen molar-refractivity contribution in [2.24, 2.45) is 0 Å². The predicted molar refractivity (Wildman–Crippen MR) is 90.2 cm³/mol. The van der Waals surface area contributed by atoms with Gasteiger partial charge >= 0.3 is 0 Å². The number of para-hydroxylation sites is 1. The van der Waals surface area contributed by atoms with Gasteiger partial charge < -0.3 is 4.42 Å². The van der Waals surface area contributed by atoms with Crippen LogP contribution < -0.4 is 0 Å². The molecule has 0 bridgehead atoms. The zero-order valence-electron chi connectivity index (χ0n) is 13.0. The summed E-state index contributed by atoms with van der Waals surface area (Å²) in [6, 6.07) is 13.7. The summed E-state index contributed by atoms with van der Waals surface area (Å²) in [5.74, 6) is 0.260. The van der Waals surface area contributed by atoms with E-state index in [1.54, 1.807) is 12.1 Å². The van der Waals surface area contributed by atoms with Crippen LogP contribution in [0.3, 0.4) is 0 Å². The number of hydrogen-bond acceptors (Lipinski definition) is 2. The number of allylic oxidation sites excluding steroid dienone is 1. The molecule has 0 fully saturated rings. The molecule has 2 aromatic carbocycles. The fourth-order valence-corrected chi connectivity index (χ4v) is 2.80. The Balaban J connectivity index is 1.91. The van der Waals surface area contributed by atoms with Gasteiger partial charge in [0.25, 0.3) is 0 Å². The van der Waals surface area contributed by atoms with Crippen LogP contribution in [0.25, 0.3) is 17.0 Å². The molecule has 0 amide bonds. The molecule has 1 aromatic heterocycles. The molecule has 3 aromatic rings. The molecular weight excluding hydrogens is 272 g/mol. The molecule has 0 aliphatic carbocycles. The van der Waals surface area contributed by atoms with E-state index in [0.717, 1.165) is 16.5 Å². The highest BCUT2D eigenvalue weighted by molar-refractivity contribution is 6.07. The summed E-state index contributed by atoms with van der Waals surface area (Å²) >= 11 is 0. The maximum atomic E-state index is 12.3. The van der Waals surface area contributed by atoms with Gasteiger partial charge in [0, 0.05) is 5.39 Å². The number of fused-ring (bicyclic) bond motifs is 1. The van der Waals surface area contributed by atoms with Crippen molar-refractivity contribution < 1.29 is 9.21 Å². The van der Waals surface area contributed by atoms with Crippen LogP contribution in [0.2, 0.25) is 0 Å². The zero-order valence-corrected chi connectivity index (χ0v) is 13.0.